The number of nitrogens with zero attached hydrogens (tertiary/aromatic N) is 4. The third-order valence-corrected chi connectivity index (χ3v) is 5.04. The van der Waals surface area contributed by atoms with Gasteiger partial charge < -0.3 is 14.2 Å². The average molecular weight is 364 g/mol. The number of anilines is 1. The Morgan fingerprint density at radius 1 is 1.22 bits per heavy atom. The maximum atomic E-state index is 12.7. The molecular weight excluding hydrogens is 340 g/mol. The first-order valence-electron chi connectivity index (χ1n) is 9.30. The molecular formula is C21H24N4O2. The number of aromatic nitrogens is 2. The minimum atomic E-state index is -0.0696. The Kier molecular flexibility index (Phi) is 4.96. The summed E-state index contributed by atoms with van der Waals surface area (Å²) >= 11 is 0. The molecule has 0 spiro atoms. The van der Waals surface area contributed by atoms with Crippen LogP contribution in [0.2, 0.25) is 0 Å². The monoisotopic (exact) mass is 364 g/mol. The van der Waals surface area contributed by atoms with E-state index in [4.69, 9.17) is 4.42 Å². The Morgan fingerprint density at radius 3 is 2.85 bits per heavy atom. The number of hydrogen-bond donors (Lipinski definition) is 0. The number of amides is 1. The Balaban J connectivity index is 1.32. The highest BCUT2D eigenvalue weighted by Gasteiger charge is 2.26. The second-order valence-electron chi connectivity index (χ2n) is 7.09. The predicted octanol–water partition coefficient (Wildman–Crippen LogP) is 3.12. The van der Waals surface area contributed by atoms with Gasteiger partial charge in [0.1, 0.15) is 5.76 Å². The molecule has 2 aromatic heterocycles. The zero-order valence-electron chi connectivity index (χ0n) is 15.5. The molecule has 140 valence electrons. The lowest BCUT2D eigenvalue weighted by Crippen LogP contribution is -2.33. The molecule has 1 aromatic carbocycles. The number of rotatable bonds is 6. The van der Waals surface area contributed by atoms with Crippen LogP contribution >= 0.6 is 0 Å². The van der Waals surface area contributed by atoms with Gasteiger partial charge in [0.2, 0.25) is 0 Å². The molecule has 3 heterocycles. The number of carbonyl (C=O) groups excluding carboxylic acids is 1. The molecule has 1 aliphatic heterocycles. The van der Waals surface area contributed by atoms with Crippen molar-refractivity contribution in [2.75, 3.05) is 31.6 Å². The van der Waals surface area contributed by atoms with Gasteiger partial charge in [-0.3, -0.25) is 9.48 Å². The van der Waals surface area contributed by atoms with Gasteiger partial charge in [0.15, 0.2) is 5.76 Å². The molecule has 6 nitrogen and oxygen atoms in total. The van der Waals surface area contributed by atoms with Crippen molar-refractivity contribution < 1.29 is 9.21 Å². The molecule has 1 unspecified atom stereocenters. The summed E-state index contributed by atoms with van der Waals surface area (Å²) in [6.07, 6.45) is 4.69. The third-order valence-electron chi connectivity index (χ3n) is 5.04. The zero-order chi connectivity index (χ0) is 18.6. The van der Waals surface area contributed by atoms with Crippen LogP contribution in [0.25, 0.3) is 0 Å². The molecule has 0 radical (unpaired) electrons. The topological polar surface area (TPSA) is 54.5 Å². The van der Waals surface area contributed by atoms with Crippen LogP contribution in [0.3, 0.4) is 0 Å². The summed E-state index contributed by atoms with van der Waals surface area (Å²) in [6.45, 7) is 3.27. The van der Waals surface area contributed by atoms with Crippen LogP contribution in [0.4, 0.5) is 5.69 Å². The second kappa shape index (κ2) is 7.70. The lowest BCUT2D eigenvalue weighted by Gasteiger charge is -2.22. The van der Waals surface area contributed by atoms with Gasteiger partial charge in [-0.15, -0.1) is 0 Å². The van der Waals surface area contributed by atoms with Gasteiger partial charge in [-0.05, 0) is 42.7 Å². The summed E-state index contributed by atoms with van der Waals surface area (Å²) in [7, 11) is 1.85. The quantitative estimate of drug-likeness (QED) is 0.674. The first-order chi connectivity index (χ1) is 13.2. The van der Waals surface area contributed by atoms with Crippen molar-refractivity contribution in [1.29, 1.82) is 0 Å². The van der Waals surface area contributed by atoms with Gasteiger partial charge in [0.05, 0.1) is 6.54 Å². The standard InChI is InChI=1S/C21H24N4O2/c1-23(14-17-10-13-24(15-17)18-6-3-2-4-7-18)21(26)20-9-8-19(27-20)16-25-12-5-11-22-25/h2-9,11-12,17H,10,13-16H2,1H3. The van der Waals surface area contributed by atoms with Crippen LogP contribution in [-0.4, -0.2) is 47.3 Å². The van der Waals surface area contributed by atoms with Gasteiger partial charge in [-0.1, -0.05) is 18.2 Å². The van der Waals surface area contributed by atoms with Gasteiger partial charge in [-0.2, -0.15) is 5.10 Å². The Bertz CT molecular complexity index is 873. The van der Waals surface area contributed by atoms with Crippen molar-refractivity contribution in [2.45, 2.75) is 13.0 Å². The highest BCUT2D eigenvalue weighted by atomic mass is 16.4. The smallest absolute Gasteiger partial charge is 0.289 e. The van der Waals surface area contributed by atoms with E-state index >= 15 is 0 Å². The van der Waals surface area contributed by atoms with E-state index in [1.165, 1.54) is 5.69 Å². The summed E-state index contributed by atoms with van der Waals surface area (Å²) in [5.41, 5.74) is 1.25. The largest absolute Gasteiger partial charge is 0.454 e. The fourth-order valence-electron chi connectivity index (χ4n) is 3.64. The van der Waals surface area contributed by atoms with Crippen LogP contribution in [-0.2, 0) is 6.54 Å². The number of carbonyl (C=O) groups is 1. The summed E-state index contributed by atoms with van der Waals surface area (Å²) in [4.78, 5) is 16.9. The maximum absolute atomic E-state index is 12.7. The van der Waals surface area contributed by atoms with E-state index in [0.29, 0.717) is 18.2 Å². The van der Waals surface area contributed by atoms with Gasteiger partial charge in [0, 0.05) is 44.8 Å². The van der Waals surface area contributed by atoms with E-state index in [2.05, 4.69) is 34.3 Å². The molecule has 6 heteroatoms. The van der Waals surface area contributed by atoms with E-state index in [-0.39, 0.29) is 5.91 Å². The van der Waals surface area contributed by atoms with E-state index < -0.39 is 0 Å². The van der Waals surface area contributed by atoms with Crippen molar-refractivity contribution >= 4 is 11.6 Å². The SMILES string of the molecule is CN(CC1CCN(c2ccccc2)C1)C(=O)c1ccc(Cn2cccn2)o1. The lowest BCUT2D eigenvalue weighted by molar-refractivity contribution is 0.0742. The molecule has 1 aliphatic rings. The number of benzene rings is 1. The lowest BCUT2D eigenvalue weighted by atomic mass is 10.1. The molecule has 1 atom stereocenters. The number of furan rings is 1. The third kappa shape index (κ3) is 4.05. The maximum Gasteiger partial charge on any atom is 0.289 e. The van der Waals surface area contributed by atoms with Crippen LogP contribution in [0.15, 0.2) is 65.3 Å². The zero-order valence-corrected chi connectivity index (χ0v) is 15.5. The first kappa shape index (κ1) is 17.4. The second-order valence-corrected chi connectivity index (χ2v) is 7.09. The molecule has 1 saturated heterocycles. The van der Waals surface area contributed by atoms with Crippen LogP contribution < -0.4 is 4.90 Å². The molecule has 1 fully saturated rings. The molecule has 27 heavy (non-hydrogen) atoms. The van der Waals surface area contributed by atoms with E-state index in [9.17, 15) is 4.79 Å². The van der Waals surface area contributed by atoms with E-state index in [1.807, 2.05) is 31.4 Å². The number of para-hydroxylation sites is 1. The van der Waals surface area contributed by atoms with Gasteiger partial charge in [-0.25, -0.2) is 0 Å². The van der Waals surface area contributed by atoms with E-state index in [1.54, 1.807) is 21.8 Å². The molecule has 1 amide bonds. The van der Waals surface area contributed by atoms with Crippen molar-refractivity contribution in [3.05, 3.63) is 72.4 Å². The summed E-state index contributed by atoms with van der Waals surface area (Å²) in [5.74, 6) is 1.52. The fourth-order valence-corrected chi connectivity index (χ4v) is 3.64. The van der Waals surface area contributed by atoms with Crippen molar-refractivity contribution in [2.24, 2.45) is 5.92 Å². The summed E-state index contributed by atoms with van der Waals surface area (Å²) in [6, 6.07) is 15.9. The van der Waals surface area contributed by atoms with Crippen LogP contribution in [0.1, 0.15) is 22.7 Å². The minimum Gasteiger partial charge on any atom is -0.454 e. The van der Waals surface area contributed by atoms with Crippen molar-refractivity contribution in [3.8, 4) is 0 Å². The van der Waals surface area contributed by atoms with Crippen molar-refractivity contribution in [3.63, 3.8) is 0 Å². The summed E-state index contributed by atoms with van der Waals surface area (Å²) < 4.78 is 7.50. The van der Waals surface area contributed by atoms with Crippen molar-refractivity contribution in [1.82, 2.24) is 14.7 Å². The highest BCUT2D eigenvalue weighted by Crippen LogP contribution is 2.24. The Labute approximate surface area is 159 Å². The Hall–Kier alpha value is -3.02. The normalized spacial score (nSPS) is 16.6. The molecule has 0 N–H and O–H groups in total. The van der Waals surface area contributed by atoms with Gasteiger partial charge >= 0.3 is 0 Å². The van der Waals surface area contributed by atoms with E-state index in [0.717, 1.165) is 31.8 Å². The average Bonchev–Trinajstić information content (AvgIpc) is 3.44. The van der Waals surface area contributed by atoms with Gasteiger partial charge in [0.25, 0.3) is 5.91 Å². The minimum absolute atomic E-state index is 0.0696. The molecule has 0 saturated carbocycles. The van der Waals surface area contributed by atoms with Crippen LogP contribution in [0, 0.1) is 5.92 Å². The fraction of sp³-hybridized carbons (Fsp3) is 0.333. The Morgan fingerprint density at radius 2 is 2.07 bits per heavy atom. The van der Waals surface area contributed by atoms with Crippen LogP contribution in [0.5, 0.6) is 0 Å². The molecule has 0 aliphatic carbocycles. The first-order valence-corrected chi connectivity index (χ1v) is 9.30. The molecule has 3 aromatic rings. The molecule has 0 bridgehead atoms. The highest BCUT2D eigenvalue weighted by molar-refractivity contribution is 5.91. The summed E-state index contributed by atoms with van der Waals surface area (Å²) in [5, 5.41) is 4.16. The predicted molar refractivity (Wildman–Crippen MR) is 104 cm³/mol. The molecule has 4 rings (SSSR count). The number of hydrogen-bond acceptors (Lipinski definition) is 4.